The van der Waals surface area contributed by atoms with Crippen LogP contribution in [0.25, 0.3) is 0 Å². The first-order valence-corrected chi connectivity index (χ1v) is 7.52. The fraction of sp³-hybridized carbons (Fsp3) is 0.800. The van der Waals surface area contributed by atoms with E-state index in [4.69, 9.17) is 0 Å². The number of amides is 1. The van der Waals surface area contributed by atoms with Gasteiger partial charge in [0.05, 0.1) is 6.54 Å². The summed E-state index contributed by atoms with van der Waals surface area (Å²) in [6.45, 7) is 3.40. The van der Waals surface area contributed by atoms with Gasteiger partial charge in [-0.05, 0) is 45.1 Å². The van der Waals surface area contributed by atoms with E-state index in [1.165, 1.54) is 44.9 Å². The van der Waals surface area contributed by atoms with E-state index in [-0.39, 0.29) is 5.91 Å². The number of hydrogen-bond acceptors (Lipinski definition) is 2. The molecule has 0 spiro atoms. The maximum absolute atomic E-state index is 12.0. The second-order valence-corrected chi connectivity index (χ2v) is 5.48. The Hall–Kier alpha value is -0.830. The Bertz CT molecular complexity index is 291. The average Bonchev–Trinajstić information content (AvgIpc) is 2.74. The molecular formula is C15H26N2O. The third-order valence-corrected chi connectivity index (χ3v) is 3.99. The van der Waals surface area contributed by atoms with Gasteiger partial charge in [-0.3, -0.25) is 4.79 Å². The number of likely N-dealkylation sites (tertiary alicyclic amines) is 1. The number of carbonyl (C=O) groups excluding carboxylic acids is 1. The van der Waals surface area contributed by atoms with Crippen LogP contribution in [0, 0.1) is 0 Å². The Balaban J connectivity index is 1.58. The Labute approximate surface area is 111 Å². The van der Waals surface area contributed by atoms with Gasteiger partial charge in [0, 0.05) is 13.1 Å². The number of rotatable bonds is 5. The molecule has 2 aliphatic rings. The Morgan fingerprint density at radius 3 is 2.61 bits per heavy atom. The van der Waals surface area contributed by atoms with Crippen LogP contribution < -0.4 is 5.32 Å². The molecule has 1 amide bonds. The quantitative estimate of drug-likeness (QED) is 0.600. The van der Waals surface area contributed by atoms with Crippen molar-refractivity contribution in [2.75, 3.05) is 26.2 Å². The molecule has 0 unspecified atom stereocenters. The first-order chi connectivity index (χ1) is 8.86. The van der Waals surface area contributed by atoms with Crippen LogP contribution in [-0.4, -0.2) is 37.0 Å². The molecule has 0 bridgehead atoms. The molecule has 1 N–H and O–H groups in total. The molecule has 0 aromatic heterocycles. The van der Waals surface area contributed by atoms with Gasteiger partial charge in [0.25, 0.3) is 0 Å². The third kappa shape index (κ3) is 4.45. The van der Waals surface area contributed by atoms with Gasteiger partial charge in [-0.25, -0.2) is 0 Å². The Morgan fingerprint density at radius 1 is 1.17 bits per heavy atom. The van der Waals surface area contributed by atoms with Gasteiger partial charge in [-0.2, -0.15) is 0 Å². The van der Waals surface area contributed by atoms with Crippen LogP contribution in [0.4, 0.5) is 0 Å². The zero-order valence-electron chi connectivity index (χ0n) is 11.4. The molecule has 1 heterocycles. The number of allylic oxidation sites excluding steroid dienone is 1. The van der Waals surface area contributed by atoms with Crippen LogP contribution in [0.15, 0.2) is 11.6 Å². The van der Waals surface area contributed by atoms with Crippen LogP contribution in [-0.2, 0) is 4.79 Å². The number of carbonyl (C=O) groups is 1. The second-order valence-electron chi connectivity index (χ2n) is 5.48. The van der Waals surface area contributed by atoms with E-state index in [1.807, 2.05) is 4.90 Å². The first-order valence-electron chi connectivity index (χ1n) is 7.52. The van der Waals surface area contributed by atoms with E-state index in [0.717, 1.165) is 26.1 Å². The van der Waals surface area contributed by atoms with Crippen LogP contribution in [0.2, 0.25) is 0 Å². The first kappa shape index (κ1) is 13.6. The largest absolute Gasteiger partial charge is 0.342 e. The van der Waals surface area contributed by atoms with E-state index in [1.54, 1.807) is 5.57 Å². The second kappa shape index (κ2) is 7.57. The minimum absolute atomic E-state index is 0.289. The highest BCUT2D eigenvalue weighted by molar-refractivity contribution is 5.78. The molecule has 3 nitrogen and oxygen atoms in total. The van der Waals surface area contributed by atoms with E-state index in [0.29, 0.717) is 6.54 Å². The van der Waals surface area contributed by atoms with E-state index >= 15 is 0 Å². The van der Waals surface area contributed by atoms with Crippen molar-refractivity contribution in [3.63, 3.8) is 0 Å². The number of nitrogens with one attached hydrogen (secondary N) is 1. The summed E-state index contributed by atoms with van der Waals surface area (Å²) in [6.07, 6.45) is 12.2. The number of nitrogens with zero attached hydrogens (tertiary/aromatic N) is 1. The van der Waals surface area contributed by atoms with Gasteiger partial charge in [-0.15, -0.1) is 0 Å². The molecule has 0 aromatic rings. The third-order valence-electron chi connectivity index (χ3n) is 3.99. The van der Waals surface area contributed by atoms with E-state index in [2.05, 4.69) is 11.4 Å². The molecule has 0 aromatic carbocycles. The van der Waals surface area contributed by atoms with Crippen LogP contribution in [0.1, 0.15) is 51.4 Å². The fourth-order valence-electron chi connectivity index (χ4n) is 2.84. The predicted molar refractivity (Wildman–Crippen MR) is 74.5 cm³/mol. The summed E-state index contributed by atoms with van der Waals surface area (Å²) in [7, 11) is 0. The summed E-state index contributed by atoms with van der Waals surface area (Å²) >= 11 is 0. The predicted octanol–water partition coefficient (Wildman–Crippen LogP) is 2.48. The lowest BCUT2D eigenvalue weighted by Crippen LogP contribution is -2.39. The molecule has 1 fully saturated rings. The summed E-state index contributed by atoms with van der Waals surface area (Å²) < 4.78 is 0. The molecule has 1 saturated heterocycles. The SMILES string of the molecule is O=C(CNCCC1=CCCC1)N1CCCCCC1. The topological polar surface area (TPSA) is 32.3 Å². The molecule has 0 radical (unpaired) electrons. The zero-order chi connectivity index (χ0) is 12.6. The molecule has 2 rings (SSSR count). The maximum Gasteiger partial charge on any atom is 0.236 e. The molecule has 3 heteroatoms. The Kier molecular flexibility index (Phi) is 5.72. The van der Waals surface area contributed by atoms with E-state index < -0.39 is 0 Å². The molecule has 102 valence electrons. The lowest BCUT2D eigenvalue weighted by atomic mass is 10.2. The highest BCUT2D eigenvalue weighted by atomic mass is 16.2. The minimum Gasteiger partial charge on any atom is -0.342 e. The molecule has 0 atom stereocenters. The number of hydrogen-bond donors (Lipinski definition) is 1. The molecule has 1 aliphatic carbocycles. The lowest BCUT2D eigenvalue weighted by Gasteiger charge is -2.20. The van der Waals surface area contributed by atoms with E-state index in [9.17, 15) is 4.79 Å². The monoisotopic (exact) mass is 250 g/mol. The van der Waals surface area contributed by atoms with Crippen molar-refractivity contribution in [3.8, 4) is 0 Å². The van der Waals surface area contributed by atoms with Crippen LogP contribution in [0.3, 0.4) is 0 Å². The summed E-state index contributed by atoms with van der Waals surface area (Å²) in [5, 5.41) is 3.30. The summed E-state index contributed by atoms with van der Waals surface area (Å²) in [4.78, 5) is 14.0. The van der Waals surface area contributed by atoms with Gasteiger partial charge < -0.3 is 10.2 Å². The van der Waals surface area contributed by atoms with Gasteiger partial charge in [0.15, 0.2) is 0 Å². The highest BCUT2D eigenvalue weighted by Crippen LogP contribution is 2.19. The van der Waals surface area contributed by atoms with Crippen LogP contribution >= 0.6 is 0 Å². The Morgan fingerprint density at radius 2 is 1.94 bits per heavy atom. The summed E-state index contributed by atoms with van der Waals surface area (Å²) in [5.74, 6) is 0.289. The van der Waals surface area contributed by atoms with Crippen molar-refractivity contribution in [1.29, 1.82) is 0 Å². The van der Waals surface area contributed by atoms with Crippen molar-refractivity contribution < 1.29 is 4.79 Å². The van der Waals surface area contributed by atoms with Crippen molar-refractivity contribution >= 4 is 5.91 Å². The van der Waals surface area contributed by atoms with Gasteiger partial charge in [-0.1, -0.05) is 24.5 Å². The van der Waals surface area contributed by atoms with Crippen molar-refractivity contribution in [3.05, 3.63) is 11.6 Å². The zero-order valence-corrected chi connectivity index (χ0v) is 11.4. The van der Waals surface area contributed by atoms with Crippen LogP contribution in [0.5, 0.6) is 0 Å². The van der Waals surface area contributed by atoms with Crippen molar-refractivity contribution in [1.82, 2.24) is 10.2 Å². The summed E-state index contributed by atoms with van der Waals surface area (Å²) in [5.41, 5.74) is 1.57. The van der Waals surface area contributed by atoms with Gasteiger partial charge >= 0.3 is 0 Å². The van der Waals surface area contributed by atoms with Gasteiger partial charge in [0.1, 0.15) is 0 Å². The highest BCUT2D eigenvalue weighted by Gasteiger charge is 2.14. The smallest absolute Gasteiger partial charge is 0.236 e. The average molecular weight is 250 g/mol. The van der Waals surface area contributed by atoms with Crippen molar-refractivity contribution in [2.24, 2.45) is 0 Å². The molecule has 18 heavy (non-hydrogen) atoms. The summed E-state index contributed by atoms with van der Waals surface area (Å²) in [6, 6.07) is 0. The molecule has 1 aliphatic heterocycles. The van der Waals surface area contributed by atoms with Gasteiger partial charge in [0.2, 0.25) is 5.91 Å². The molecule has 0 saturated carbocycles. The lowest BCUT2D eigenvalue weighted by molar-refractivity contribution is -0.130. The standard InChI is InChI=1S/C15H26N2O/c18-15(17-11-5-1-2-6-12-17)13-16-10-9-14-7-3-4-8-14/h7,16H,1-6,8-13H2. The maximum atomic E-state index is 12.0. The fourth-order valence-corrected chi connectivity index (χ4v) is 2.84. The normalized spacial score (nSPS) is 20.7. The minimum atomic E-state index is 0.289. The van der Waals surface area contributed by atoms with Crippen molar-refractivity contribution in [2.45, 2.75) is 51.4 Å². The molecular weight excluding hydrogens is 224 g/mol.